The van der Waals surface area contributed by atoms with Crippen LogP contribution in [0.2, 0.25) is 0 Å². The normalized spacial score (nSPS) is 20.8. The van der Waals surface area contributed by atoms with Gasteiger partial charge in [-0.2, -0.15) is 0 Å². The lowest BCUT2D eigenvalue weighted by Crippen LogP contribution is -2.23. The molecule has 2 heteroatoms. The molecule has 2 nitrogen and oxygen atoms in total. The molecule has 0 amide bonds. The number of rotatable bonds is 1. The summed E-state index contributed by atoms with van der Waals surface area (Å²) in [5.74, 6) is -0.197. The van der Waals surface area contributed by atoms with Gasteiger partial charge in [-0.1, -0.05) is 17.7 Å². The summed E-state index contributed by atoms with van der Waals surface area (Å²) in [4.78, 5) is 12.2. The van der Waals surface area contributed by atoms with Crippen molar-refractivity contribution < 1.29 is 9.53 Å². The number of carbonyl (C=O) groups excluding carboxylic acids is 1. The molecule has 0 unspecified atom stereocenters. The van der Waals surface area contributed by atoms with Gasteiger partial charge in [-0.25, -0.2) is 4.79 Å². The Bertz CT molecular complexity index is 552. The lowest BCUT2D eigenvalue weighted by atomic mass is 9.91. The van der Waals surface area contributed by atoms with E-state index in [1.54, 1.807) is 0 Å². The van der Waals surface area contributed by atoms with Gasteiger partial charge in [0, 0.05) is 6.08 Å². The Morgan fingerprint density at radius 1 is 1.11 bits per heavy atom. The van der Waals surface area contributed by atoms with E-state index in [-0.39, 0.29) is 5.97 Å². The monoisotopic (exact) mass is 255 g/mol. The van der Waals surface area contributed by atoms with E-state index in [0.29, 0.717) is 5.57 Å². The molecule has 1 saturated carbocycles. The molecule has 1 radical (unpaired) electrons. The molecule has 1 aromatic carbocycles. The first-order valence-electron chi connectivity index (χ1n) is 6.97. The SMILES string of the molecule is Cc1cc(C)c(C2=[C]C3(CCCC3)OC2=O)c(C)c1. The zero-order valence-electron chi connectivity index (χ0n) is 11.8. The van der Waals surface area contributed by atoms with E-state index in [4.69, 9.17) is 4.74 Å². The van der Waals surface area contributed by atoms with E-state index in [2.05, 4.69) is 39.0 Å². The third-order valence-electron chi connectivity index (χ3n) is 4.18. The highest BCUT2D eigenvalue weighted by Gasteiger charge is 2.43. The molecule has 19 heavy (non-hydrogen) atoms. The smallest absolute Gasteiger partial charge is 0.340 e. The van der Waals surface area contributed by atoms with Gasteiger partial charge in [0.15, 0.2) is 0 Å². The van der Waals surface area contributed by atoms with Crippen LogP contribution in [0.3, 0.4) is 0 Å². The van der Waals surface area contributed by atoms with Gasteiger partial charge in [0.2, 0.25) is 0 Å². The Morgan fingerprint density at radius 2 is 1.68 bits per heavy atom. The predicted molar refractivity (Wildman–Crippen MR) is 74.6 cm³/mol. The van der Waals surface area contributed by atoms with Gasteiger partial charge in [0.05, 0.1) is 5.57 Å². The second-order valence-electron chi connectivity index (χ2n) is 5.86. The lowest BCUT2D eigenvalue weighted by molar-refractivity contribution is -0.144. The van der Waals surface area contributed by atoms with Crippen LogP contribution < -0.4 is 0 Å². The van der Waals surface area contributed by atoms with Gasteiger partial charge in [-0.15, -0.1) is 0 Å². The summed E-state index contributed by atoms with van der Waals surface area (Å²) in [5.41, 5.74) is 4.73. The van der Waals surface area contributed by atoms with Gasteiger partial charge in [0.25, 0.3) is 0 Å². The second kappa shape index (κ2) is 4.22. The Kier molecular flexibility index (Phi) is 2.77. The van der Waals surface area contributed by atoms with Crippen molar-refractivity contribution in [3.8, 4) is 0 Å². The molecule has 2 aliphatic rings. The zero-order valence-corrected chi connectivity index (χ0v) is 11.8. The Morgan fingerprint density at radius 3 is 2.26 bits per heavy atom. The molecule has 1 aromatic rings. The first-order valence-corrected chi connectivity index (χ1v) is 6.97. The standard InChI is InChI=1S/C17H19O2/c1-11-8-12(2)15(13(3)9-11)14-10-17(19-16(14)18)6-4-5-7-17/h8-9H,4-7H2,1-3H3. The maximum atomic E-state index is 12.2. The molecular weight excluding hydrogens is 236 g/mol. The van der Waals surface area contributed by atoms with Crippen molar-refractivity contribution in [3.63, 3.8) is 0 Å². The highest BCUT2D eigenvalue weighted by atomic mass is 16.6. The second-order valence-corrected chi connectivity index (χ2v) is 5.86. The van der Waals surface area contributed by atoms with Crippen LogP contribution in [-0.2, 0) is 9.53 Å². The average molecular weight is 255 g/mol. The first kappa shape index (κ1) is 12.5. The van der Waals surface area contributed by atoms with Crippen LogP contribution in [-0.4, -0.2) is 11.6 Å². The Hall–Kier alpha value is -1.57. The largest absolute Gasteiger partial charge is 0.451 e. The maximum absolute atomic E-state index is 12.2. The van der Waals surface area contributed by atoms with E-state index < -0.39 is 5.60 Å². The summed E-state index contributed by atoms with van der Waals surface area (Å²) < 4.78 is 5.63. The first-order chi connectivity index (χ1) is 9.01. The lowest BCUT2D eigenvalue weighted by Gasteiger charge is -2.18. The van der Waals surface area contributed by atoms with E-state index in [1.807, 2.05) is 0 Å². The number of hydrogen-bond donors (Lipinski definition) is 0. The van der Waals surface area contributed by atoms with Gasteiger partial charge in [-0.05, 0) is 63.1 Å². The fraction of sp³-hybridized carbons (Fsp3) is 0.471. The summed E-state index contributed by atoms with van der Waals surface area (Å²) in [6, 6.07) is 4.23. The van der Waals surface area contributed by atoms with Crippen molar-refractivity contribution in [3.05, 3.63) is 40.5 Å². The molecule has 99 valence electrons. The van der Waals surface area contributed by atoms with Crippen LogP contribution >= 0.6 is 0 Å². The van der Waals surface area contributed by atoms with Crippen LogP contribution in [0.5, 0.6) is 0 Å². The molecule has 1 heterocycles. The molecule has 0 N–H and O–H groups in total. The number of esters is 1. The highest BCUT2D eigenvalue weighted by Crippen LogP contribution is 2.42. The van der Waals surface area contributed by atoms with Crippen molar-refractivity contribution in [2.24, 2.45) is 0 Å². The summed E-state index contributed by atoms with van der Waals surface area (Å²) in [6.07, 6.45) is 7.47. The van der Waals surface area contributed by atoms with Crippen LogP contribution in [0.1, 0.15) is 47.9 Å². The fourth-order valence-electron chi connectivity index (χ4n) is 3.44. The number of ether oxygens (including phenoxy) is 1. The molecular formula is C17H19O2. The summed E-state index contributed by atoms with van der Waals surface area (Å²) in [6.45, 7) is 6.18. The summed E-state index contributed by atoms with van der Waals surface area (Å²) in [5, 5.41) is 0. The summed E-state index contributed by atoms with van der Waals surface area (Å²) in [7, 11) is 0. The average Bonchev–Trinajstić information content (AvgIpc) is 2.86. The maximum Gasteiger partial charge on any atom is 0.340 e. The van der Waals surface area contributed by atoms with Crippen LogP contribution in [0.25, 0.3) is 5.57 Å². The van der Waals surface area contributed by atoms with Crippen LogP contribution in [0, 0.1) is 26.8 Å². The van der Waals surface area contributed by atoms with E-state index in [9.17, 15) is 4.79 Å². The molecule has 0 aromatic heterocycles. The topological polar surface area (TPSA) is 26.3 Å². The minimum Gasteiger partial charge on any atom is -0.451 e. The molecule has 3 rings (SSSR count). The number of carbonyl (C=O) groups is 1. The minimum atomic E-state index is -0.420. The van der Waals surface area contributed by atoms with Crippen LogP contribution in [0.15, 0.2) is 12.1 Å². The molecule has 0 bridgehead atoms. The third-order valence-corrected chi connectivity index (χ3v) is 4.18. The molecule has 1 aliphatic carbocycles. The van der Waals surface area contributed by atoms with E-state index in [0.717, 1.165) is 42.4 Å². The highest BCUT2D eigenvalue weighted by molar-refractivity contribution is 6.18. The molecule has 0 saturated heterocycles. The van der Waals surface area contributed by atoms with Crippen molar-refractivity contribution in [1.29, 1.82) is 0 Å². The predicted octanol–water partition coefficient (Wildman–Crippen LogP) is 3.67. The van der Waals surface area contributed by atoms with Gasteiger partial charge in [0.1, 0.15) is 5.60 Å². The Labute approximate surface area is 114 Å². The van der Waals surface area contributed by atoms with Gasteiger partial charge in [-0.3, -0.25) is 0 Å². The van der Waals surface area contributed by atoms with Crippen molar-refractivity contribution in [1.82, 2.24) is 0 Å². The molecule has 1 fully saturated rings. The van der Waals surface area contributed by atoms with Crippen LogP contribution in [0.4, 0.5) is 0 Å². The zero-order chi connectivity index (χ0) is 13.6. The third kappa shape index (κ3) is 1.99. The summed E-state index contributed by atoms with van der Waals surface area (Å²) >= 11 is 0. The quantitative estimate of drug-likeness (QED) is 0.716. The van der Waals surface area contributed by atoms with Gasteiger partial charge >= 0.3 is 5.97 Å². The fourth-order valence-corrected chi connectivity index (χ4v) is 3.44. The number of aryl methyl sites for hydroxylation is 3. The Balaban J connectivity index is 2.09. The van der Waals surface area contributed by atoms with Crippen molar-refractivity contribution in [2.75, 3.05) is 0 Å². The minimum absolute atomic E-state index is 0.197. The molecule has 0 atom stereocenters. The van der Waals surface area contributed by atoms with Crippen molar-refractivity contribution >= 4 is 11.5 Å². The molecule has 1 aliphatic heterocycles. The van der Waals surface area contributed by atoms with Crippen molar-refractivity contribution in [2.45, 2.75) is 52.1 Å². The van der Waals surface area contributed by atoms with E-state index in [1.165, 1.54) is 5.56 Å². The number of benzene rings is 1. The van der Waals surface area contributed by atoms with Gasteiger partial charge < -0.3 is 4.74 Å². The number of hydrogen-bond acceptors (Lipinski definition) is 2. The van der Waals surface area contributed by atoms with E-state index >= 15 is 0 Å². The molecule has 1 spiro atoms.